The summed E-state index contributed by atoms with van der Waals surface area (Å²) in [6.45, 7) is 3.73. The molecule has 0 heterocycles. The molecule has 2 aromatic carbocycles. The van der Waals surface area contributed by atoms with Crippen molar-refractivity contribution in [1.82, 2.24) is 5.32 Å². The molecule has 2 atom stereocenters. The number of nitrogens with one attached hydrogen (secondary N) is 1. The lowest BCUT2D eigenvalue weighted by molar-refractivity contribution is 0.449. The van der Waals surface area contributed by atoms with Crippen LogP contribution >= 0.6 is 15.9 Å². The third kappa shape index (κ3) is 3.25. The Labute approximate surface area is 126 Å². The predicted molar refractivity (Wildman–Crippen MR) is 80.5 cm³/mol. The molecule has 0 aromatic heterocycles. The maximum Gasteiger partial charge on any atom is 0.130 e. The van der Waals surface area contributed by atoms with E-state index in [-0.39, 0.29) is 11.6 Å². The van der Waals surface area contributed by atoms with Crippen LogP contribution in [0.2, 0.25) is 0 Å². The van der Waals surface area contributed by atoms with Crippen molar-refractivity contribution in [2.45, 2.75) is 25.9 Å². The number of rotatable bonds is 4. The summed E-state index contributed by atoms with van der Waals surface area (Å²) < 4.78 is 28.5. The summed E-state index contributed by atoms with van der Waals surface area (Å²) in [5.41, 5.74) is 1.13. The van der Waals surface area contributed by atoms with Crippen molar-refractivity contribution >= 4 is 15.9 Å². The van der Waals surface area contributed by atoms with E-state index in [2.05, 4.69) is 21.2 Å². The average Bonchev–Trinajstić information content (AvgIpc) is 2.38. The summed E-state index contributed by atoms with van der Waals surface area (Å²) in [6.07, 6.45) is 0. The van der Waals surface area contributed by atoms with Gasteiger partial charge in [0.1, 0.15) is 11.6 Å². The summed E-state index contributed by atoms with van der Waals surface area (Å²) in [7, 11) is 0. The summed E-state index contributed by atoms with van der Waals surface area (Å²) in [4.78, 5) is 0. The van der Waals surface area contributed by atoms with Gasteiger partial charge in [0.2, 0.25) is 0 Å². The highest BCUT2D eigenvalue weighted by atomic mass is 79.9. The molecule has 1 nitrogen and oxygen atoms in total. The van der Waals surface area contributed by atoms with Gasteiger partial charge in [-0.1, -0.05) is 40.2 Å². The molecule has 0 saturated heterocycles. The lowest BCUT2D eigenvalue weighted by atomic mass is 10.0. The molecule has 4 heteroatoms. The van der Waals surface area contributed by atoms with Crippen LogP contribution in [0.3, 0.4) is 0 Å². The van der Waals surface area contributed by atoms with Crippen molar-refractivity contribution in [1.29, 1.82) is 0 Å². The molecule has 2 rings (SSSR count). The van der Waals surface area contributed by atoms with Gasteiger partial charge in [-0.05, 0) is 37.6 Å². The second kappa shape index (κ2) is 6.46. The Bertz CT molecular complexity index is 581. The Kier molecular flexibility index (Phi) is 4.89. The van der Waals surface area contributed by atoms with Crippen LogP contribution < -0.4 is 5.32 Å². The van der Waals surface area contributed by atoms with Gasteiger partial charge in [-0.25, -0.2) is 8.78 Å². The molecule has 20 heavy (non-hydrogen) atoms. The summed E-state index contributed by atoms with van der Waals surface area (Å²) in [6, 6.07) is 11.3. The number of hydrogen-bond acceptors (Lipinski definition) is 1. The minimum atomic E-state index is -0.524. The van der Waals surface area contributed by atoms with Crippen LogP contribution in [0.15, 0.2) is 46.9 Å². The number of hydrogen-bond donors (Lipinski definition) is 1. The molecule has 0 fully saturated rings. The van der Waals surface area contributed by atoms with E-state index in [4.69, 9.17) is 0 Å². The van der Waals surface area contributed by atoms with Gasteiger partial charge in [0, 0.05) is 22.1 Å². The highest BCUT2D eigenvalue weighted by Crippen LogP contribution is 2.27. The monoisotopic (exact) mass is 339 g/mol. The second-order valence-electron chi connectivity index (χ2n) is 4.77. The number of benzene rings is 2. The Morgan fingerprint density at radius 3 is 2.10 bits per heavy atom. The Hall–Kier alpha value is -1.26. The minimum absolute atomic E-state index is 0.0282. The van der Waals surface area contributed by atoms with E-state index >= 15 is 0 Å². The summed E-state index contributed by atoms with van der Waals surface area (Å²) in [5, 5.41) is 3.22. The van der Waals surface area contributed by atoms with Crippen molar-refractivity contribution < 1.29 is 8.78 Å². The Morgan fingerprint density at radius 1 is 0.900 bits per heavy atom. The van der Waals surface area contributed by atoms with Gasteiger partial charge in [-0.3, -0.25) is 0 Å². The Balaban J connectivity index is 2.20. The van der Waals surface area contributed by atoms with Crippen LogP contribution in [0, 0.1) is 11.6 Å². The molecule has 1 N–H and O–H groups in total. The van der Waals surface area contributed by atoms with E-state index in [1.807, 2.05) is 31.2 Å². The standard InChI is InChI=1S/C16H16BrF2N/c1-10(12-6-3-4-7-13(12)17)20-11(2)16-14(18)8-5-9-15(16)19/h3-11,20H,1-2H3. The highest BCUT2D eigenvalue weighted by Gasteiger charge is 2.18. The fourth-order valence-corrected chi connectivity index (χ4v) is 2.93. The van der Waals surface area contributed by atoms with Gasteiger partial charge in [0.15, 0.2) is 0 Å². The van der Waals surface area contributed by atoms with Gasteiger partial charge in [-0.2, -0.15) is 0 Å². The zero-order chi connectivity index (χ0) is 14.7. The maximum absolute atomic E-state index is 13.7. The normalized spacial score (nSPS) is 14.1. The fourth-order valence-electron chi connectivity index (χ4n) is 2.30. The fraction of sp³-hybridized carbons (Fsp3) is 0.250. The van der Waals surface area contributed by atoms with E-state index in [1.54, 1.807) is 6.92 Å². The quantitative estimate of drug-likeness (QED) is 0.813. The van der Waals surface area contributed by atoms with Crippen molar-refractivity contribution in [3.05, 3.63) is 69.7 Å². The molecule has 106 valence electrons. The van der Waals surface area contributed by atoms with Crippen LogP contribution in [0.5, 0.6) is 0 Å². The average molecular weight is 340 g/mol. The molecule has 2 unspecified atom stereocenters. The van der Waals surface area contributed by atoms with E-state index in [1.165, 1.54) is 18.2 Å². The zero-order valence-electron chi connectivity index (χ0n) is 11.3. The molecular weight excluding hydrogens is 324 g/mol. The molecule has 0 aliphatic heterocycles. The van der Waals surface area contributed by atoms with E-state index in [0.29, 0.717) is 0 Å². The summed E-state index contributed by atoms with van der Waals surface area (Å²) in [5.74, 6) is -1.05. The van der Waals surface area contributed by atoms with Crippen LogP contribution in [0.1, 0.15) is 37.1 Å². The largest absolute Gasteiger partial charge is 0.303 e. The van der Waals surface area contributed by atoms with Gasteiger partial charge in [0.05, 0.1) is 0 Å². The lowest BCUT2D eigenvalue weighted by Gasteiger charge is -2.22. The van der Waals surface area contributed by atoms with Crippen LogP contribution in [-0.4, -0.2) is 0 Å². The zero-order valence-corrected chi connectivity index (χ0v) is 12.9. The van der Waals surface area contributed by atoms with Gasteiger partial charge in [-0.15, -0.1) is 0 Å². The SMILES string of the molecule is CC(NC(C)c1c(F)cccc1F)c1ccccc1Br. The van der Waals surface area contributed by atoms with Crippen molar-refractivity contribution in [2.24, 2.45) is 0 Å². The van der Waals surface area contributed by atoms with Crippen LogP contribution in [0.4, 0.5) is 8.78 Å². The molecule has 0 radical (unpaired) electrons. The molecule has 0 saturated carbocycles. The van der Waals surface area contributed by atoms with Crippen LogP contribution in [0.25, 0.3) is 0 Å². The van der Waals surface area contributed by atoms with E-state index in [0.717, 1.165) is 10.0 Å². The van der Waals surface area contributed by atoms with E-state index < -0.39 is 17.7 Å². The second-order valence-corrected chi connectivity index (χ2v) is 5.62. The molecule has 0 spiro atoms. The minimum Gasteiger partial charge on any atom is -0.303 e. The van der Waals surface area contributed by atoms with E-state index in [9.17, 15) is 8.78 Å². The van der Waals surface area contributed by atoms with Gasteiger partial charge < -0.3 is 5.32 Å². The molecule has 2 aromatic rings. The summed E-state index contributed by atoms with van der Waals surface area (Å²) >= 11 is 3.48. The molecule has 0 amide bonds. The van der Waals surface area contributed by atoms with Crippen LogP contribution in [-0.2, 0) is 0 Å². The molecule has 0 aliphatic carbocycles. The first kappa shape index (κ1) is 15.1. The third-order valence-electron chi connectivity index (χ3n) is 3.30. The number of halogens is 3. The van der Waals surface area contributed by atoms with Gasteiger partial charge >= 0.3 is 0 Å². The first-order valence-corrected chi connectivity index (χ1v) is 7.24. The smallest absolute Gasteiger partial charge is 0.130 e. The van der Waals surface area contributed by atoms with Crippen molar-refractivity contribution in [2.75, 3.05) is 0 Å². The molecular formula is C16H16BrF2N. The lowest BCUT2D eigenvalue weighted by Crippen LogP contribution is -2.24. The highest BCUT2D eigenvalue weighted by molar-refractivity contribution is 9.10. The molecule has 0 aliphatic rings. The van der Waals surface area contributed by atoms with Crippen molar-refractivity contribution in [3.63, 3.8) is 0 Å². The topological polar surface area (TPSA) is 12.0 Å². The predicted octanol–water partition coefficient (Wildman–Crippen LogP) is 5.14. The first-order chi connectivity index (χ1) is 9.50. The van der Waals surface area contributed by atoms with Gasteiger partial charge in [0.25, 0.3) is 0 Å². The third-order valence-corrected chi connectivity index (χ3v) is 4.03. The Morgan fingerprint density at radius 2 is 1.50 bits per heavy atom. The first-order valence-electron chi connectivity index (χ1n) is 6.45. The maximum atomic E-state index is 13.7. The molecule has 0 bridgehead atoms. The van der Waals surface area contributed by atoms with Crippen molar-refractivity contribution in [3.8, 4) is 0 Å².